The Morgan fingerprint density at radius 1 is 1.02 bits per heavy atom. The van der Waals surface area contributed by atoms with E-state index in [2.05, 4.69) is 61.4 Å². The van der Waals surface area contributed by atoms with Gasteiger partial charge in [-0.2, -0.15) is 0 Å². The summed E-state index contributed by atoms with van der Waals surface area (Å²) in [6.45, 7) is 7.12. The molecule has 9 atom stereocenters. The molecular weight excluding hydrogens is 624 g/mol. The number of rotatable bonds is 9. The molecule has 0 radical (unpaired) electrons. The van der Waals surface area contributed by atoms with Crippen LogP contribution in [-0.2, 0) is 46.4 Å². The molecule has 2 fully saturated rings. The monoisotopic (exact) mass is 678 g/mol. The van der Waals surface area contributed by atoms with Crippen LogP contribution in [0.5, 0.6) is 0 Å². The van der Waals surface area contributed by atoms with E-state index in [0.717, 1.165) is 30.5 Å². The van der Waals surface area contributed by atoms with Gasteiger partial charge in [0.2, 0.25) is 0 Å². The number of hydrogen-bond donors (Lipinski definition) is 0. The summed E-state index contributed by atoms with van der Waals surface area (Å²) in [5.74, 6) is 0.458. The van der Waals surface area contributed by atoms with Gasteiger partial charge < -0.3 is 33.3 Å². The number of allylic oxidation sites excluding steroid dienone is 2. The van der Waals surface area contributed by atoms with Crippen LogP contribution in [0.2, 0.25) is 0 Å². The topological polar surface area (TPSA) is 106 Å². The van der Waals surface area contributed by atoms with Crippen LogP contribution in [0.3, 0.4) is 0 Å². The fraction of sp³-hybridized carbons (Fsp3) is 0.605. The lowest BCUT2D eigenvalue weighted by Gasteiger charge is -2.39. The molecule has 3 aliphatic heterocycles. The number of nitrogens with zero attached hydrogens (tertiary/aromatic N) is 4. The molecule has 0 bridgehead atoms. The highest BCUT2D eigenvalue weighted by atomic mass is 16.7. The van der Waals surface area contributed by atoms with Gasteiger partial charge in [0.1, 0.15) is 23.7 Å². The van der Waals surface area contributed by atoms with E-state index in [1.807, 2.05) is 49.5 Å². The van der Waals surface area contributed by atoms with Gasteiger partial charge in [-0.1, -0.05) is 66.8 Å². The molecule has 11 nitrogen and oxygen atoms in total. The molecule has 2 aromatic rings. The smallest absolute Gasteiger partial charge is 0.310 e. The summed E-state index contributed by atoms with van der Waals surface area (Å²) in [7, 11) is 5.81. The molecular formula is C38H54N4O7. The van der Waals surface area contributed by atoms with Crippen molar-refractivity contribution in [2.75, 3.05) is 21.2 Å². The quantitative estimate of drug-likeness (QED) is 0.302. The summed E-state index contributed by atoms with van der Waals surface area (Å²) in [6.07, 6.45) is 14.3. The van der Waals surface area contributed by atoms with Crippen molar-refractivity contribution in [2.24, 2.45) is 11.8 Å². The summed E-state index contributed by atoms with van der Waals surface area (Å²) in [4.78, 5) is 14.9. The van der Waals surface area contributed by atoms with Gasteiger partial charge in [0.15, 0.2) is 12.6 Å². The van der Waals surface area contributed by atoms with Crippen LogP contribution >= 0.6 is 0 Å². The van der Waals surface area contributed by atoms with Gasteiger partial charge in [-0.25, -0.2) is 4.68 Å². The molecule has 0 aliphatic carbocycles. The first kappa shape index (κ1) is 36.9. The van der Waals surface area contributed by atoms with Crippen LogP contribution in [0.4, 0.5) is 0 Å². The highest BCUT2D eigenvalue weighted by molar-refractivity contribution is 5.71. The Morgan fingerprint density at radius 3 is 2.59 bits per heavy atom. The number of methoxy groups -OCH3 is 1. The van der Waals surface area contributed by atoms with E-state index < -0.39 is 12.4 Å². The number of likely N-dealkylation sites (N-methyl/N-ethyl adjacent to an activating group) is 1. The summed E-state index contributed by atoms with van der Waals surface area (Å²) in [5.41, 5.74) is 1.87. The largest absolute Gasteiger partial charge is 0.499 e. The predicted octanol–water partition coefficient (Wildman–Crippen LogP) is 5.81. The van der Waals surface area contributed by atoms with Crippen molar-refractivity contribution in [3.63, 3.8) is 0 Å². The summed E-state index contributed by atoms with van der Waals surface area (Å²) in [5, 5.41) is 8.59. The van der Waals surface area contributed by atoms with Gasteiger partial charge in [-0.05, 0) is 70.7 Å². The average Bonchev–Trinajstić information content (AvgIpc) is 3.69. The number of benzene rings is 1. The van der Waals surface area contributed by atoms with Crippen LogP contribution in [0.15, 0.2) is 72.7 Å². The van der Waals surface area contributed by atoms with Crippen molar-refractivity contribution in [1.82, 2.24) is 19.9 Å². The molecule has 5 rings (SSSR count). The minimum absolute atomic E-state index is 0.0437. The first-order chi connectivity index (χ1) is 23.7. The number of carbonyl (C=O) groups excluding carboxylic acids is 1. The summed E-state index contributed by atoms with van der Waals surface area (Å²) < 4.78 is 39.1. The predicted molar refractivity (Wildman–Crippen MR) is 185 cm³/mol. The van der Waals surface area contributed by atoms with E-state index in [4.69, 9.17) is 28.4 Å². The van der Waals surface area contributed by atoms with Gasteiger partial charge in [0, 0.05) is 18.9 Å². The van der Waals surface area contributed by atoms with Crippen LogP contribution in [0.1, 0.15) is 70.6 Å². The Kier molecular flexibility index (Phi) is 13.6. The minimum Gasteiger partial charge on any atom is -0.499 e. The molecule has 1 aromatic carbocycles. The van der Waals surface area contributed by atoms with Gasteiger partial charge in [-0.3, -0.25) is 4.79 Å². The Hall–Kier alpha value is -3.35. The number of fused-ring (bicyclic) bond motifs is 1. The standard InChI is InChI=1S/C38H54N4O7/c1-26-21-30-22-37(45-25-31-24-42(40-39-31)23-29-14-10-8-11-15-29)49-38(30)34(44-6)18-19-35(43)46-27(2)13-9-7-12-16-33(26)48-36-20-17-32(41(4)5)28(3)47-36/h7-12,14-16,18,24,26-28,30,32-33,36-38H,13,17,19-23,25H2,1-6H3/b9-7+,16-12+,34-18-/t26-,27-,28-,30-,32+,33+,36+,37-,38-/m1/s1. The fourth-order valence-electron chi connectivity index (χ4n) is 6.97. The number of hydrogen-bond acceptors (Lipinski definition) is 10. The fourth-order valence-corrected chi connectivity index (χ4v) is 6.97. The number of cyclic esters (lactones) is 1. The molecule has 2 saturated heterocycles. The zero-order chi connectivity index (χ0) is 34.8. The Labute approximate surface area is 291 Å². The number of aromatic nitrogens is 3. The molecule has 3 aliphatic rings. The molecule has 11 heteroatoms. The van der Waals surface area contributed by atoms with Crippen LogP contribution in [0, 0.1) is 11.8 Å². The zero-order valence-corrected chi connectivity index (χ0v) is 29.9. The van der Waals surface area contributed by atoms with E-state index in [9.17, 15) is 4.79 Å². The van der Waals surface area contributed by atoms with Crippen LogP contribution in [0.25, 0.3) is 0 Å². The third-order valence-corrected chi connectivity index (χ3v) is 9.56. The Morgan fingerprint density at radius 2 is 1.84 bits per heavy atom. The average molecular weight is 679 g/mol. The van der Waals surface area contributed by atoms with Crippen LogP contribution in [-0.4, -0.2) is 90.1 Å². The molecule has 0 unspecified atom stereocenters. The SMILES string of the molecule is CO/C1=C\CC(=O)O[C@H](C)C/C=C/C=C/[C@H](O[C@H]2CC[C@H](N(C)C)[C@@H](C)O2)[C@H](C)C[C@@H]2C[C@H](OCc3cn(Cc4ccccc4)nn3)O[C@@H]12. The molecule has 49 heavy (non-hydrogen) atoms. The third kappa shape index (κ3) is 10.8. The second-order valence-corrected chi connectivity index (χ2v) is 13.7. The summed E-state index contributed by atoms with van der Waals surface area (Å²) in [6, 6.07) is 10.5. The molecule has 4 heterocycles. The van der Waals surface area contributed by atoms with Crippen molar-refractivity contribution >= 4 is 5.97 Å². The maximum Gasteiger partial charge on any atom is 0.310 e. The number of ether oxygens (including phenoxy) is 6. The lowest BCUT2D eigenvalue weighted by molar-refractivity contribution is -0.224. The minimum atomic E-state index is -0.489. The van der Waals surface area contributed by atoms with Gasteiger partial charge in [-0.15, -0.1) is 5.10 Å². The number of carbonyl (C=O) groups is 1. The molecule has 0 N–H and O–H groups in total. The second kappa shape index (κ2) is 18.1. The van der Waals surface area contributed by atoms with Gasteiger partial charge in [0.25, 0.3) is 0 Å². The van der Waals surface area contributed by atoms with Crippen molar-refractivity contribution in [1.29, 1.82) is 0 Å². The van der Waals surface area contributed by atoms with E-state index in [1.165, 1.54) is 0 Å². The number of esters is 1. The van der Waals surface area contributed by atoms with E-state index >= 15 is 0 Å². The van der Waals surface area contributed by atoms with E-state index in [1.54, 1.807) is 17.9 Å². The lowest BCUT2D eigenvalue weighted by atomic mass is 9.86. The van der Waals surface area contributed by atoms with Gasteiger partial charge in [0.05, 0.1) is 45.1 Å². The van der Waals surface area contributed by atoms with E-state index in [-0.39, 0.29) is 55.4 Å². The summed E-state index contributed by atoms with van der Waals surface area (Å²) >= 11 is 0. The van der Waals surface area contributed by atoms with Crippen molar-refractivity contribution < 1.29 is 33.2 Å². The highest BCUT2D eigenvalue weighted by Crippen LogP contribution is 2.38. The molecule has 1 aromatic heterocycles. The molecule has 0 spiro atoms. The van der Waals surface area contributed by atoms with E-state index in [0.29, 0.717) is 31.2 Å². The normalized spacial score (nSPS) is 34.1. The van der Waals surface area contributed by atoms with Crippen molar-refractivity contribution in [2.45, 2.75) is 115 Å². The third-order valence-electron chi connectivity index (χ3n) is 9.56. The Bertz CT molecular complexity index is 1410. The lowest BCUT2D eigenvalue weighted by Crippen LogP contribution is -2.46. The first-order valence-corrected chi connectivity index (χ1v) is 17.6. The van der Waals surface area contributed by atoms with Gasteiger partial charge >= 0.3 is 5.97 Å². The maximum absolute atomic E-state index is 12.7. The second-order valence-electron chi connectivity index (χ2n) is 13.7. The highest BCUT2D eigenvalue weighted by Gasteiger charge is 2.41. The molecule has 268 valence electrons. The zero-order valence-electron chi connectivity index (χ0n) is 29.9. The van der Waals surface area contributed by atoms with Crippen LogP contribution < -0.4 is 0 Å². The molecule has 0 amide bonds. The van der Waals surface area contributed by atoms with Crippen molar-refractivity contribution in [3.05, 3.63) is 83.9 Å². The maximum atomic E-state index is 12.7. The Balaban J connectivity index is 1.30. The van der Waals surface area contributed by atoms with Crippen molar-refractivity contribution in [3.8, 4) is 0 Å². The first-order valence-electron chi connectivity index (χ1n) is 17.6. The molecule has 0 saturated carbocycles.